The molecule has 0 unspecified atom stereocenters. The van der Waals surface area contributed by atoms with Gasteiger partial charge in [-0.25, -0.2) is 8.42 Å². The van der Waals surface area contributed by atoms with Crippen molar-refractivity contribution in [2.75, 3.05) is 31.5 Å². The van der Waals surface area contributed by atoms with Gasteiger partial charge in [-0.1, -0.05) is 31.2 Å². The van der Waals surface area contributed by atoms with Gasteiger partial charge in [-0.15, -0.1) is 0 Å². The molecule has 1 N–H and O–H groups in total. The first-order valence-electron chi connectivity index (χ1n) is 9.56. The fraction of sp³-hybridized carbons (Fsp3) is 0.381. The van der Waals surface area contributed by atoms with Crippen molar-refractivity contribution in [2.45, 2.75) is 31.7 Å². The Bertz CT molecular complexity index is 901. The summed E-state index contributed by atoms with van der Waals surface area (Å²) in [6.07, 6.45) is 1.03. The van der Waals surface area contributed by atoms with E-state index in [-0.39, 0.29) is 10.8 Å². The maximum Gasteiger partial charge on any atom is 0.243 e. The van der Waals surface area contributed by atoms with Crippen LogP contribution in [0.4, 0.5) is 5.69 Å². The standard InChI is InChI=1S/C21H27N3O3S/c1-3-18-4-6-19(7-5-18)16-23-12-14-24(15-13-23)28(26,27)21-10-8-20(9-11-21)22-17(2)25/h4-11H,3,12-16H2,1-2H3,(H,22,25). The molecule has 28 heavy (non-hydrogen) atoms. The zero-order valence-electron chi connectivity index (χ0n) is 16.4. The molecule has 1 fully saturated rings. The van der Waals surface area contributed by atoms with Gasteiger partial charge in [0.1, 0.15) is 0 Å². The minimum atomic E-state index is -3.52. The first-order valence-corrected chi connectivity index (χ1v) is 11.0. The van der Waals surface area contributed by atoms with Crippen molar-refractivity contribution in [3.63, 3.8) is 0 Å². The average Bonchev–Trinajstić information content (AvgIpc) is 2.69. The van der Waals surface area contributed by atoms with Crippen molar-refractivity contribution in [2.24, 2.45) is 0 Å². The minimum Gasteiger partial charge on any atom is -0.326 e. The van der Waals surface area contributed by atoms with Crippen molar-refractivity contribution in [1.82, 2.24) is 9.21 Å². The van der Waals surface area contributed by atoms with E-state index in [0.29, 0.717) is 31.9 Å². The number of piperazine rings is 1. The van der Waals surface area contributed by atoms with Crippen LogP contribution in [0.5, 0.6) is 0 Å². The molecule has 7 heteroatoms. The molecule has 2 aromatic rings. The summed E-state index contributed by atoms with van der Waals surface area (Å²) in [5.74, 6) is -0.184. The summed E-state index contributed by atoms with van der Waals surface area (Å²) in [6.45, 7) is 6.76. The molecule has 1 heterocycles. The molecule has 3 rings (SSSR count). The van der Waals surface area contributed by atoms with Gasteiger partial charge in [0.15, 0.2) is 0 Å². The van der Waals surface area contributed by atoms with E-state index in [9.17, 15) is 13.2 Å². The Morgan fingerprint density at radius 3 is 2.04 bits per heavy atom. The molecule has 0 spiro atoms. The summed E-state index contributed by atoms with van der Waals surface area (Å²) in [5, 5.41) is 2.65. The summed E-state index contributed by atoms with van der Waals surface area (Å²) in [5.41, 5.74) is 3.16. The monoisotopic (exact) mass is 401 g/mol. The maximum atomic E-state index is 12.9. The fourth-order valence-corrected chi connectivity index (χ4v) is 4.75. The van der Waals surface area contributed by atoms with Gasteiger partial charge < -0.3 is 5.32 Å². The van der Waals surface area contributed by atoms with Crippen LogP contribution in [-0.4, -0.2) is 49.7 Å². The molecule has 6 nitrogen and oxygen atoms in total. The Morgan fingerprint density at radius 2 is 1.50 bits per heavy atom. The quantitative estimate of drug-likeness (QED) is 0.808. The molecule has 0 radical (unpaired) electrons. The normalized spacial score (nSPS) is 16.1. The van der Waals surface area contributed by atoms with Crippen molar-refractivity contribution in [3.8, 4) is 0 Å². The van der Waals surface area contributed by atoms with E-state index in [1.54, 1.807) is 24.3 Å². The number of amides is 1. The second-order valence-corrected chi connectivity index (χ2v) is 8.99. The highest BCUT2D eigenvalue weighted by Gasteiger charge is 2.28. The molecule has 150 valence electrons. The number of sulfonamides is 1. The van der Waals surface area contributed by atoms with Gasteiger partial charge in [-0.3, -0.25) is 9.69 Å². The summed E-state index contributed by atoms with van der Waals surface area (Å²) in [6, 6.07) is 14.9. The van der Waals surface area contributed by atoms with E-state index < -0.39 is 10.0 Å². The lowest BCUT2D eigenvalue weighted by molar-refractivity contribution is -0.114. The third-order valence-electron chi connectivity index (χ3n) is 4.98. The number of benzene rings is 2. The second kappa shape index (κ2) is 8.86. The molecule has 0 atom stereocenters. The van der Waals surface area contributed by atoms with Crippen LogP contribution >= 0.6 is 0 Å². The Labute approximate surface area is 167 Å². The van der Waals surface area contributed by atoms with Crippen molar-refractivity contribution in [1.29, 1.82) is 0 Å². The van der Waals surface area contributed by atoms with Crippen LogP contribution in [0.2, 0.25) is 0 Å². The highest BCUT2D eigenvalue weighted by molar-refractivity contribution is 7.89. The lowest BCUT2D eigenvalue weighted by Crippen LogP contribution is -2.48. The Morgan fingerprint density at radius 1 is 0.929 bits per heavy atom. The van der Waals surface area contributed by atoms with Crippen LogP contribution in [0.3, 0.4) is 0 Å². The zero-order chi connectivity index (χ0) is 20.1. The van der Waals surface area contributed by atoms with Gasteiger partial charge in [0.25, 0.3) is 0 Å². The lowest BCUT2D eigenvalue weighted by Gasteiger charge is -2.34. The molecule has 0 saturated carbocycles. The zero-order valence-corrected chi connectivity index (χ0v) is 17.2. The van der Waals surface area contributed by atoms with Gasteiger partial charge >= 0.3 is 0 Å². The van der Waals surface area contributed by atoms with Crippen molar-refractivity contribution >= 4 is 21.6 Å². The topological polar surface area (TPSA) is 69.7 Å². The maximum absolute atomic E-state index is 12.9. The van der Waals surface area contributed by atoms with E-state index in [1.165, 1.54) is 22.4 Å². The average molecular weight is 402 g/mol. The van der Waals surface area contributed by atoms with Crippen molar-refractivity contribution < 1.29 is 13.2 Å². The van der Waals surface area contributed by atoms with E-state index in [2.05, 4.69) is 41.4 Å². The third kappa shape index (κ3) is 4.98. The van der Waals surface area contributed by atoms with Crippen LogP contribution in [0.25, 0.3) is 0 Å². The first kappa shape index (κ1) is 20.5. The van der Waals surface area contributed by atoms with Crippen LogP contribution in [0.1, 0.15) is 25.0 Å². The fourth-order valence-electron chi connectivity index (χ4n) is 3.33. The number of carbonyl (C=O) groups is 1. The molecule has 1 saturated heterocycles. The van der Waals surface area contributed by atoms with Crippen LogP contribution < -0.4 is 5.32 Å². The number of carbonyl (C=O) groups excluding carboxylic acids is 1. The Kier molecular flexibility index (Phi) is 6.49. The molecule has 1 aliphatic heterocycles. The number of hydrogen-bond acceptors (Lipinski definition) is 4. The van der Waals surface area contributed by atoms with Gasteiger partial charge in [0.2, 0.25) is 15.9 Å². The number of anilines is 1. The highest BCUT2D eigenvalue weighted by atomic mass is 32.2. The third-order valence-corrected chi connectivity index (χ3v) is 6.89. The summed E-state index contributed by atoms with van der Waals surface area (Å²) in [7, 11) is -3.52. The predicted molar refractivity (Wildman–Crippen MR) is 111 cm³/mol. The lowest BCUT2D eigenvalue weighted by atomic mass is 10.1. The van der Waals surface area contributed by atoms with Crippen molar-refractivity contribution in [3.05, 3.63) is 59.7 Å². The Balaban J connectivity index is 1.59. The number of hydrogen-bond donors (Lipinski definition) is 1. The number of aryl methyl sites for hydroxylation is 1. The number of nitrogens with zero attached hydrogens (tertiary/aromatic N) is 2. The molecule has 0 aromatic heterocycles. The predicted octanol–water partition coefficient (Wildman–Crippen LogP) is 2.71. The molecule has 0 bridgehead atoms. The minimum absolute atomic E-state index is 0.184. The van der Waals surface area contributed by atoms with Gasteiger partial charge in [-0.2, -0.15) is 4.31 Å². The van der Waals surface area contributed by atoms with Crippen LogP contribution in [0, 0.1) is 0 Å². The molecular weight excluding hydrogens is 374 g/mol. The molecular formula is C21H27N3O3S. The molecule has 1 aliphatic rings. The second-order valence-electron chi connectivity index (χ2n) is 7.06. The molecule has 0 aliphatic carbocycles. The number of rotatable bonds is 6. The van der Waals surface area contributed by atoms with Gasteiger partial charge in [0.05, 0.1) is 4.90 Å². The summed E-state index contributed by atoms with van der Waals surface area (Å²) >= 11 is 0. The van der Waals surface area contributed by atoms with E-state index in [0.717, 1.165) is 13.0 Å². The summed E-state index contributed by atoms with van der Waals surface area (Å²) in [4.78, 5) is 13.6. The SMILES string of the molecule is CCc1ccc(CN2CCN(S(=O)(=O)c3ccc(NC(C)=O)cc3)CC2)cc1. The van der Waals surface area contributed by atoms with Crippen LogP contribution in [0.15, 0.2) is 53.4 Å². The number of nitrogens with one attached hydrogen (secondary N) is 1. The molecule has 1 amide bonds. The van der Waals surface area contributed by atoms with Crippen LogP contribution in [-0.2, 0) is 27.8 Å². The molecule has 2 aromatic carbocycles. The Hall–Kier alpha value is -2.22. The summed E-state index contributed by atoms with van der Waals surface area (Å²) < 4.78 is 27.3. The highest BCUT2D eigenvalue weighted by Crippen LogP contribution is 2.20. The van der Waals surface area contributed by atoms with E-state index >= 15 is 0 Å². The van der Waals surface area contributed by atoms with Gasteiger partial charge in [0, 0.05) is 45.3 Å². The largest absolute Gasteiger partial charge is 0.326 e. The van der Waals surface area contributed by atoms with E-state index in [4.69, 9.17) is 0 Å². The first-order chi connectivity index (χ1) is 13.4. The van der Waals surface area contributed by atoms with Gasteiger partial charge in [-0.05, 0) is 41.8 Å². The van der Waals surface area contributed by atoms with E-state index in [1.807, 2.05) is 0 Å². The smallest absolute Gasteiger partial charge is 0.243 e.